The van der Waals surface area contributed by atoms with Crippen molar-refractivity contribution in [1.29, 1.82) is 0 Å². The Morgan fingerprint density at radius 3 is 2.89 bits per heavy atom. The van der Waals surface area contributed by atoms with Gasteiger partial charge in [-0.1, -0.05) is 11.8 Å². The van der Waals surface area contributed by atoms with Gasteiger partial charge in [-0.25, -0.2) is 4.39 Å². The molecule has 1 N–H and O–H groups in total. The number of carboxylic acid groups (broad SMARTS) is 1. The van der Waals surface area contributed by atoms with E-state index in [1.54, 1.807) is 19.4 Å². The Balaban J connectivity index is 1.39. The van der Waals surface area contributed by atoms with Crippen molar-refractivity contribution in [2.75, 3.05) is 26.7 Å². The summed E-state index contributed by atoms with van der Waals surface area (Å²) < 4.78 is 22.8. The van der Waals surface area contributed by atoms with Crippen LogP contribution in [0.3, 0.4) is 0 Å². The van der Waals surface area contributed by atoms with Gasteiger partial charge in [0, 0.05) is 49.6 Å². The third kappa shape index (κ3) is 6.64. The number of aliphatic carboxylic acids is 1. The quantitative estimate of drug-likeness (QED) is 0.415. The van der Waals surface area contributed by atoms with E-state index in [1.807, 2.05) is 48.3 Å². The van der Waals surface area contributed by atoms with E-state index < -0.39 is 12.1 Å². The summed E-state index contributed by atoms with van der Waals surface area (Å²) in [5.74, 6) is 6.86. The van der Waals surface area contributed by atoms with E-state index in [0.717, 1.165) is 42.4 Å². The van der Waals surface area contributed by atoms with Gasteiger partial charge in [0.05, 0.1) is 19.2 Å². The van der Waals surface area contributed by atoms with Crippen LogP contribution < -0.4 is 4.74 Å². The molecule has 1 aliphatic rings. The molecule has 0 saturated carbocycles. The van der Waals surface area contributed by atoms with Gasteiger partial charge in [0.15, 0.2) is 0 Å². The summed E-state index contributed by atoms with van der Waals surface area (Å²) in [6, 6.07) is 9.27. The molecule has 190 valence electrons. The Kier molecular flexibility index (Phi) is 8.61. The van der Waals surface area contributed by atoms with Crippen LogP contribution in [-0.4, -0.2) is 52.3 Å². The Morgan fingerprint density at radius 1 is 1.28 bits per heavy atom. The highest BCUT2D eigenvalue weighted by atomic mass is 19.1. The summed E-state index contributed by atoms with van der Waals surface area (Å²) in [6.45, 7) is 2.35. The largest absolute Gasteiger partial charge is 0.497 e. The molecule has 2 aromatic heterocycles. The molecular weight excluding hydrogens is 457 g/mol. The highest BCUT2D eigenvalue weighted by Crippen LogP contribution is 2.36. The van der Waals surface area contributed by atoms with Gasteiger partial charge in [0.25, 0.3) is 0 Å². The Hall–Kier alpha value is -3.37. The number of likely N-dealkylation sites (tertiary alicyclic amines) is 1. The van der Waals surface area contributed by atoms with Crippen LogP contribution in [0.15, 0.2) is 48.9 Å². The number of benzene rings is 1. The van der Waals surface area contributed by atoms with E-state index in [4.69, 9.17) is 4.74 Å². The van der Waals surface area contributed by atoms with Crippen molar-refractivity contribution in [2.45, 2.75) is 38.3 Å². The zero-order valence-electron chi connectivity index (χ0n) is 21.0. The fraction of sp³-hybridized carbons (Fsp3) is 0.448. The topological polar surface area (TPSA) is 67.6 Å². The number of carboxylic acids is 1. The molecule has 0 spiro atoms. The van der Waals surface area contributed by atoms with E-state index >= 15 is 4.39 Å². The first-order valence-electron chi connectivity index (χ1n) is 12.5. The maximum Gasteiger partial charge on any atom is 0.303 e. The predicted octanol–water partition coefficient (Wildman–Crippen LogP) is 5.23. The van der Waals surface area contributed by atoms with Gasteiger partial charge in [0.1, 0.15) is 11.9 Å². The van der Waals surface area contributed by atoms with Gasteiger partial charge in [0.2, 0.25) is 0 Å². The smallest absolute Gasteiger partial charge is 0.303 e. The minimum absolute atomic E-state index is 0.137. The molecule has 6 nitrogen and oxygen atoms in total. The van der Waals surface area contributed by atoms with Crippen LogP contribution >= 0.6 is 0 Å². The molecular formula is C29H34FN3O3. The second-order valence-corrected chi connectivity index (χ2v) is 9.67. The first-order valence-corrected chi connectivity index (χ1v) is 12.5. The first kappa shape index (κ1) is 25.7. The predicted molar refractivity (Wildman–Crippen MR) is 139 cm³/mol. The standard InChI is InChI=1S/C29H34FN3O3/c1-32-16-12-21(19-32)4-3-15-33-17-13-22(23(20-33)6-10-29(34)35)5-8-27(30)25-11-14-31-28-9-7-24(36-2)18-26(25)28/h7,9,11-12,14,16,18-19,22-23,27H,5-6,8,10,13,15,17,20H2,1-2H3,(H,34,35)/t22-,23-,27-/m1/s1. The minimum Gasteiger partial charge on any atom is -0.497 e. The zero-order valence-corrected chi connectivity index (χ0v) is 21.0. The van der Waals surface area contributed by atoms with Crippen molar-refractivity contribution in [3.63, 3.8) is 0 Å². The molecule has 0 radical (unpaired) electrons. The third-order valence-corrected chi connectivity index (χ3v) is 7.18. The summed E-state index contributed by atoms with van der Waals surface area (Å²) in [7, 11) is 3.57. The number of ether oxygens (including phenoxy) is 1. The first-order chi connectivity index (χ1) is 17.4. The van der Waals surface area contributed by atoms with Crippen LogP contribution in [0.25, 0.3) is 10.9 Å². The van der Waals surface area contributed by atoms with E-state index in [1.165, 1.54) is 0 Å². The Morgan fingerprint density at radius 2 is 2.14 bits per heavy atom. The molecule has 0 bridgehead atoms. The lowest BCUT2D eigenvalue weighted by Crippen LogP contribution is -2.41. The summed E-state index contributed by atoms with van der Waals surface area (Å²) in [5, 5.41) is 10.0. The number of rotatable bonds is 9. The van der Waals surface area contributed by atoms with E-state index in [0.29, 0.717) is 36.6 Å². The number of hydrogen-bond acceptors (Lipinski definition) is 4. The number of aromatic nitrogens is 2. The van der Waals surface area contributed by atoms with Crippen LogP contribution in [0.1, 0.15) is 49.4 Å². The fourth-order valence-corrected chi connectivity index (χ4v) is 5.21. The molecule has 3 aromatic rings. The molecule has 0 aliphatic carbocycles. The molecule has 3 atom stereocenters. The molecule has 0 amide bonds. The summed E-state index contributed by atoms with van der Waals surface area (Å²) in [5.41, 5.74) is 2.37. The summed E-state index contributed by atoms with van der Waals surface area (Å²) in [6.07, 6.45) is 7.30. The lowest BCUT2D eigenvalue weighted by molar-refractivity contribution is -0.137. The number of alkyl halides is 1. The normalized spacial score (nSPS) is 19.0. The SMILES string of the molecule is COc1ccc2nccc([C@H](F)CC[C@@H]3CCN(CC#Cc4ccn(C)c4)C[C@H]3CCC(=O)O)c2c1. The van der Waals surface area contributed by atoms with Crippen molar-refractivity contribution in [3.05, 3.63) is 60.0 Å². The number of nitrogens with zero attached hydrogens (tertiary/aromatic N) is 3. The lowest BCUT2D eigenvalue weighted by atomic mass is 9.79. The minimum atomic E-state index is -1.11. The molecule has 1 aliphatic heterocycles. The van der Waals surface area contributed by atoms with Crippen molar-refractivity contribution in [1.82, 2.24) is 14.5 Å². The molecule has 0 unspecified atom stereocenters. The fourth-order valence-electron chi connectivity index (χ4n) is 5.21. The second kappa shape index (κ2) is 12.0. The second-order valence-electron chi connectivity index (χ2n) is 9.67. The molecule has 1 saturated heterocycles. The van der Waals surface area contributed by atoms with Gasteiger partial charge in [-0.3, -0.25) is 14.7 Å². The summed E-state index contributed by atoms with van der Waals surface area (Å²) >= 11 is 0. The lowest BCUT2D eigenvalue weighted by Gasteiger charge is -2.38. The van der Waals surface area contributed by atoms with Crippen LogP contribution in [0, 0.1) is 23.7 Å². The number of piperidine rings is 1. The molecule has 4 rings (SSSR count). The van der Waals surface area contributed by atoms with Gasteiger partial charge in [-0.2, -0.15) is 0 Å². The Labute approximate surface area is 212 Å². The number of halogens is 1. The maximum atomic E-state index is 15.5. The number of methoxy groups -OCH3 is 1. The summed E-state index contributed by atoms with van der Waals surface area (Å²) in [4.78, 5) is 17.9. The highest BCUT2D eigenvalue weighted by molar-refractivity contribution is 5.83. The number of carbonyl (C=O) groups is 1. The van der Waals surface area contributed by atoms with Gasteiger partial charge in [-0.15, -0.1) is 0 Å². The average molecular weight is 492 g/mol. The zero-order chi connectivity index (χ0) is 25.5. The molecule has 7 heteroatoms. The van der Waals surface area contributed by atoms with Crippen molar-refractivity contribution >= 4 is 16.9 Å². The van der Waals surface area contributed by atoms with Gasteiger partial charge < -0.3 is 14.4 Å². The van der Waals surface area contributed by atoms with Crippen LogP contribution in [0.4, 0.5) is 4.39 Å². The van der Waals surface area contributed by atoms with E-state index in [-0.39, 0.29) is 12.3 Å². The molecule has 36 heavy (non-hydrogen) atoms. The third-order valence-electron chi connectivity index (χ3n) is 7.18. The maximum absolute atomic E-state index is 15.5. The van der Waals surface area contributed by atoms with Gasteiger partial charge in [-0.05, 0) is 80.0 Å². The van der Waals surface area contributed by atoms with Crippen molar-refractivity contribution in [3.8, 4) is 17.6 Å². The van der Waals surface area contributed by atoms with Gasteiger partial charge >= 0.3 is 5.97 Å². The highest BCUT2D eigenvalue weighted by Gasteiger charge is 2.30. The van der Waals surface area contributed by atoms with E-state index in [9.17, 15) is 9.90 Å². The van der Waals surface area contributed by atoms with Crippen LogP contribution in [-0.2, 0) is 11.8 Å². The monoisotopic (exact) mass is 491 g/mol. The average Bonchev–Trinajstić information content (AvgIpc) is 3.30. The van der Waals surface area contributed by atoms with Crippen LogP contribution in [0.2, 0.25) is 0 Å². The number of pyridine rings is 1. The van der Waals surface area contributed by atoms with Crippen LogP contribution in [0.5, 0.6) is 5.75 Å². The Bertz CT molecular complexity index is 1250. The van der Waals surface area contributed by atoms with Crippen molar-refractivity contribution < 1.29 is 19.0 Å². The number of aryl methyl sites for hydroxylation is 1. The molecule has 1 aromatic carbocycles. The van der Waals surface area contributed by atoms with E-state index in [2.05, 4.69) is 21.7 Å². The number of fused-ring (bicyclic) bond motifs is 1. The molecule has 1 fully saturated rings. The molecule has 3 heterocycles. The number of hydrogen-bond donors (Lipinski definition) is 1. The van der Waals surface area contributed by atoms with Crippen molar-refractivity contribution in [2.24, 2.45) is 18.9 Å².